The number of hydrogen-bond donors (Lipinski definition) is 1. The summed E-state index contributed by atoms with van der Waals surface area (Å²) in [5.41, 5.74) is 1.96. The van der Waals surface area contributed by atoms with E-state index in [0.29, 0.717) is 26.5 Å². The number of halogens is 3. The Labute approximate surface area is 141 Å². The minimum absolute atomic E-state index is 0.327. The summed E-state index contributed by atoms with van der Waals surface area (Å²) in [7, 11) is 0. The first-order valence-electron chi connectivity index (χ1n) is 6.08. The summed E-state index contributed by atoms with van der Waals surface area (Å²) in [5.74, 6) is -0.327. The minimum Gasteiger partial charge on any atom is -0.334 e. The highest BCUT2D eigenvalue weighted by molar-refractivity contribution is 8.13. The number of thioether (sulfide) groups is 1. The molecule has 0 saturated heterocycles. The molecule has 0 atom stereocenters. The lowest BCUT2D eigenvalue weighted by Crippen LogP contribution is -2.06. The first-order valence-corrected chi connectivity index (χ1v) is 8.06. The second kappa shape index (κ2) is 7.50. The van der Waals surface area contributed by atoms with Gasteiger partial charge in [0.2, 0.25) is 6.19 Å². The number of benzene rings is 2. The van der Waals surface area contributed by atoms with Crippen molar-refractivity contribution in [2.45, 2.75) is 0 Å². The number of anilines is 1. The van der Waals surface area contributed by atoms with Crippen molar-refractivity contribution in [2.75, 3.05) is 11.6 Å². The molecular weight excluding hydrogens is 344 g/mol. The van der Waals surface area contributed by atoms with E-state index in [1.165, 1.54) is 23.9 Å². The highest BCUT2D eigenvalue weighted by atomic mass is 35.5. The van der Waals surface area contributed by atoms with Gasteiger partial charge in [-0.05, 0) is 36.1 Å². The Hall–Kier alpha value is -1.74. The van der Waals surface area contributed by atoms with Crippen molar-refractivity contribution in [3.63, 3.8) is 0 Å². The van der Waals surface area contributed by atoms with Gasteiger partial charge in [-0.1, -0.05) is 47.1 Å². The molecule has 0 aliphatic heterocycles. The fraction of sp³-hybridized carbons (Fsp3) is 0.0667. The Morgan fingerprint density at radius 3 is 2.32 bits per heavy atom. The summed E-state index contributed by atoms with van der Waals surface area (Å²) < 4.78 is 13.0. The predicted octanol–water partition coefficient (Wildman–Crippen LogP) is 5.41. The monoisotopic (exact) mass is 353 g/mol. The highest BCUT2D eigenvalue weighted by Gasteiger charge is 2.11. The molecule has 0 aliphatic rings. The number of aliphatic imine (C=N–C) groups is 1. The molecule has 2 rings (SSSR count). The van der Waals surface area contributed by atoms with Gasteiger partial charge in [0.25, 0.3) is 0 Å². The average Bonchev–Trinajstić information content (AvgIpc) is 2.48. The SMILES string of the molecule is CS/C(=N\C#N)Nc1cc(Cl)c(-c2ccc(F)cc2)c(Cl)c1. The van der Waals surface area contributed by atoms with Crippen LogP contribution in [-0.4, -0.2) is 11.4 Å². The van der Waals surface area contributed by atoms with Crippen molar-refractivity contribution < 1.29 is 4.39 Å². The fourth-order valence-electron chi connectivity index (χ4n) is 1.83. The predicted molar refractivity (Wildman–Crippen MR) is 92.0 cm³/mol. The molecule has 112 valence electrons. The van der Waals surface area contributed by atoms with Crippen molar-refractivity contribution in [3.8, 4) is 17.3 Å². The van der Waals surface area contributed by atoms with Gasteiger partial charge in [0.05, 0.1) is 10.0 Å². The van der Waals surface area contributed by atoms with Crippen LogP contribution in [0, 0.1) is 17.3 Å². The lowest BCUT2D eigenvalue weighted by Gasteiger charge is -2.12. The van der Waals surface area contributed by atoms with Crippen molar-refractivity contribution in [1.82, 2.24) is 0 Å². The smallest absolute Gasteiger partial charge is 0.208 e. The molecule has 1 N–H and O–H groups in total. The van der Waals surface area contributed by atoms with Gasteiger partial charge < -0.3 is 5.32 Å². The molecule has 0 fully saturated rings. The second-order valence-electron chi connectivity index (χ2n) is 4.17. The maximum absolute atomic E-state index is 13.0. The third-order valence-electron chi connectivity index (χ3n) is 2.77. The number of nitrogens with one attached hydrogen (secondary N) is 1. The molecular formula is C15H10Cl2FN3S. The number of rotatable bonds is 2. The van der Waals surface area contributed by atoms with Crippen LogP contribution in [0.5, 0.6) is 0 Å². The van der Waals surface area contributed by atoms with Gasteiger partial charge in [-0.15, -0.1) is 4.99 Å². The number of hydrogen-bond acceptors (Lipinski definition) is 3. The highest BCUT2D eigenvalue weighted by Crippen LogP contribution is 2.37. The van der Waals surface area contributed by atoms with Crippen LogP contribution in [0.3, 0.4) is 0 Å². The van der Waals surface area contributed by atoms with Crippen molar-refractivity contribution in [3.05, 3.63) is 52.3 Å². The molecule has 0 bridgehead atoms. The zero-order chi connectivity index (χ0) is 16.1. The summed E-state index contributed by atoms with van der Waals surface area (Å²) >= 11 is 13.9. The van der Waals surface area contributed by atoms with E-state index in [1.807, 2.05) is 0 Å². The molecule has 0 aliphatic carbocycles. The molecule has 0 heterocycles. The van der Waals surface area contributed by atoms with E-state index in [-0.39, 0.29) is 5.82 Å². The summed E-state index contributed by atoms with van der Waals surface area (Å²) in [6, 6.07) is 9.27. The molecule has 0 saturated carbocycles. The first-order chi connectivity index (χ1) is 10.5. The topological polar surface area (TPSA) is 48.2 Å². The van der Waals surface area contributed by atoms with Crippen molar-refractivity contribution >= 4 is 45.8 Å². The Kier molecular flexibility index (Phi) is 5.67. The molecule has 0 radical (unpaired) electrons. The molecule has 2 aromatic carbocycles. The third-order valence-corrected chi connectivity index (χ3v) is 3.95. The van der Waals surface area contributed by atoms with Crippen LogP contribution in [0.25, 0.3) is 11.1 Å². The number of nitrogens with zero attached hydrogens (tertiary/aromatic N) is 2. The Morgan fingerprint density at radius 2 is 1.82 bits per heavy atom. The van der Waals surface area contributed by atoms with Gasteiger partial charge in [0, 0.05) is 11.3 Å². The number of nitriles is 1. The second-order valence-corrected chi connectivity index (χ2v) is 5.78. The summed E-state index contributed by atoms with van der Waals surface area (Å²) in [6.45, 7) is 0. The van der Waals surface area contributed by atoms with Gasteiger partial charge in [-0.2, -0.15) is 5.26 Å². The van der Waals surface area contributed by atoms with Gasteiger partial charge in [-0.3, -0.25) is 0 Å². The van der Waals surface area contributed by atoms with E-state index in [1.54, 1.807) is 36.7 Å². The van der Waals surface area contributed by atoms with Crippen LogP contribution in [0.15, 0.2) is 41.4 Å². The summed E-state index contributed by atoms with van der Waals surface area (Å²) in [6.07, 6.45) is 3.50. The molecule has 22 heavy (non-hydrogen) atoms. The quantitative estimate of drug-likeness (QED) is 0.446. The Morgan fingerprint density at radius 1 is 1.23 bits per heavy atom. The normalized spacial score (nSPS) is 11.1. The van der Waals surface area contributed by atoms with Crippen LogP contribution < -0.4 is 5.32 Å². The van der Waals surface area contributed by atoms with Gasteiger partial charge in [0.1, 0.15) is 5.82 Å². The fourth-order valence-corrected chi connectivity index (χ4v) is 2.89. The molecule has 0 aromatic heterocycles. The molecule has 7 heteroatoms. The van der Waals surface area contributed by atoms with E-state index in [2.05, 4.69) is 10.3 Å². The lowest BCUT2D eigenvalue weighted by atomic mass is 10.1. The molecule has 0 unspecified atom stereocenters. The maximum atomic E-state index is 13.0. The van der Waals surface area contributed by atoms with Gasteiger partial charge in [0.15, 0.2) is 5.17 Å². The molecule has 0 amide bonds. The maximum Gasteiger partial charge on any atom is 0.208 e. The van der Waals surface area contributed by atoms with E-state index in [4.69, 9.17) is 28.5 Å². The Bertz CT molecular complexity index is 731. The molecule has 0 spiro atoms. The third kappa shape index (κ3) is 3.92. The Balaban J connectivity index is 2.39. The van der Waals surface area contributed by atoms with Crippen LogP contribution in [0.4, 0.5) is 10.1 Å². The van der Waals surface area contributed by atoms with E-state index in [0.717, 1.165) is 5.56 Å². The van der Waals surface area contributed by atoms with Crippen LogP contribution >= 0.6 is 35.0 Å². The standard InChI is InChI=1S/C15H10Cl2FN3S/c1-22-15(20-8-19)21-11-6-12(16)14(13(17)7-11)9-2-4-10(18)5-3-9/h2-7H,1H3,(H,20,21). The van der Waals surface area contributed by atoms with Gasteiger partial charge >= 0.3 is 0 Å². The van der Waals surface area contributed by atoms with E-state index < -0.39 is 0 Å². The molecule has 2 aromatic rings. The lowest BCUT2D eigenvalue weighted by molar-refractivity contribution is 0.628. The minimum atomic E-state index is -0.327. The van der Waals surface area contributed by atoms with Crippen LogP contribution in [0.1, 0.15) is 0 Å². The largest absolute Gasteiger partial charge is 0.334 e. The summed E-state index contributed by atoms with van der Waals surface area (Å²) in [4.78, 5) is 3.63. The molecule has 3 nitrogen and oxygen atoms in total. The van der Waals surface area contributed by atoms with E-state index >= 15 is 0 Å². The number of amidine groups is 1. The van der Waals surface area contributed by atoms with Crippen molar-refractivity contribution in [2.24, 2.45) is 4.99 Å². The van der Waals surface area contributed by atoms with Crippen LogP contribution in [-0.2, 0) is 0 Å². The van der Waals surface area contributed by atoms with Crippen molar-refractivity contribution in [1.29, 1.82) is 5.26 Å². The summed E-state index contributed by atoms with van der Waals surface area (Å²) in [5, 5.41) is 12.8. The van der Waals surface area contributed by atoms with E-state index in [9.17, 15) is 4.39 Å². The zero-order valence-corrected chi connectivity index (χ0v) is 13.7. The first kappa shape index (κ1) is 16.6. The average molecular weight is 354 g/mol. The van der Waals surface area contributed by atoms with Gasteiger partial charge in [-0.25, -0.2) is 4.39 Å². The zero-order valence-electron chi connectivity index (χ0n) is 11.4. The van der Waals surface area contributed by atoms with Crippen LogP contribution in [0.2, 0.25) is 10.0 Å².